The molecule has 1 atom stereocenters. The zero-order valence-electron chi connectivity index (χ0n) is 12.7. The van der Waals surface area contributed by atoms with Gasteiger partial charge in [0, 0.05) is 6.04 Å². The number of nitrogens with one attached hydrogen (secondary N) is 1. The van der Waals surface area contributed by atoms with Crippen molar-refractivity contribution in [1.82, 2.24) is 5.32 Å². The highest BCUT2D eigenvalue weighted by atomic mass is 79.9. The summed E-state index contributed by atoms with van der Waals surface area (Å²) < 4.78 is 11.9. The molecule has 0 saturated heterocycles. The van der Waals surface area contributed by atoms with Gasteiger partial charge in [-0.15, -0.1) is 0 Å². The van der Waals surface area contributed by atoms with Crippen LogP contribution in [-0.2, 0) is 0 Å². The van der Waals surface area contributed by atoms with Gasteiger partial charge in [-0.1, -0.05) is 19.1 Å². The third-order valence-electron chi connectivity index (χ3n) is 2.83. The number of methoxy groups -OCH3 is 1. The van der Waals surface area contributed by atoms with Gasteiger partial charge in [-0.25, -0.2) is 0 Å². The highest BCUT2D eigenvalue weighted by Gasteiger charge is 2.10. The third kappa shape index (κ3) is 5.17. The van der Waals surface area contributed by atoms with Crippen molar-refractivity contribution >= 4 is 22.0 Å². The van der Waals surface area contributed by atoms with Gasteiger partial charge in [0.1, 0.15) is 0 Å². The Morgan fingerprint density at radius 1 is 1.35 bits per heavy atom. The van der Waals surface area contributed by atoms with Gasteiger partial charge in [-0.3, -0.25) is 0 Å². The zero-order chi connectivity index (χ0) is 15.0. The van der Waals surface area contributed by atoms with Crippen molar-refractivity contribution in [1.29, 1.82) is 0 Å². The molecule has 0 aliphatic carbocycles. The molecule has 0 spiro atoms. The molecule has 1 N–H and O–H groups in total. The van der Waals surface area contributed by atoms with Crippen LogP contribution in [0.25, 0.3) is 6.08 Å². The van der Waals surface area contributed by atoms with Crippen molar-refractivity contribution in [2.45, 2.75) is 33.2 Å². The summed E-state index contributed by atoms with van der Waals surface area (Å²) in [7, 11) is 1.65. The van der Waals surface area contributed by atoms with E-state index in [1.807, 2.05) is 19.1 Å². The van der Waals surface area contributed by atoms with E-state index in [1.54, 1.807) is 7.11 Å². The molecule has 4 heteroatoms. The average molecular weight is 342 g/mol. The molecule has 0 aromatic heterocycles. The molecule has 0 heterocycles. The lowest BCUT2D eigenvalue weighted by Crippen LogP contribution is -2.24. The summed E-state index contributed by atoms with van der Waals surface area (Å²) in [6.07, 6.45) is 5.39. The molecule has 20 heavy (non-hydrogen) atoms. The minimum absolute atomic E-state index is 0.353. The standard InChI is InChI=1S/C16H24BrNO2/c1-5-9-18-12(3)7-8-13-10-14(17)16(19-4)15(11-13)20-6-2/h7-8,10-12,18H,5-6,9H2,1-4H3/b8-7+. The van der Waals surface area contributed by atoms with Crippen molar-refractivity contribution < 1.29 is 9.47 Å². The Balaban J connectivity index is 2.87. The largest absolute Gasteiger partial charge is 0.492 e. The maximum atomic E-state index is 5.62. The lowest BCUT2D eigenvalue weighted by molar-refractivity contribution is 0.310. The van der Waals surface area contributed by atoms with Gasteiger partial charge in [0.05, 0.1) is 18.2 Å². The molecule has 1 rings (SSSR count). The predicted octanol–water partition coefficient (Wildman–Crippen LogP) is 4.26. The van der Waals surface area contributed by atoms with E-state index in [4.69, 9.17) is 9.47 Å². The number of ether oxygens (including phenoxy) is 2. The molecular formula is C16H24BrNO2. The fourth-order valence-corrected chi connectivity index (χ4v) is 2.46. The smallest absolute Gasteiger partial charge is 0.174 e. The van der Waals surface area contributed by atoms with E-state index in [0.29, 0.717) is 12.6 Å². The minimum atomic E-state index is 0.353. The third-order valence-corrected chi connectivity index (χ3v) is 3.42. The van der Waals surface area contributed by atoms with E-state index in [1.165, 1.54) is 0 Å². The summed E-state index contributed by atoms with van der Waals surface area (Å²) in [5.41, 5.74) is 1.09. The topological polar surface area (TPSA) is 30.5 Å². The lowest BCUT2D eigenvalue weighted by Gasteiger charge is -2.12. The summed E-state index contributed by atoms with van der Waals surface area (Å²) in [4.78, 5) is 0. The summed E-state index contributed by atoms with van der Waals surface area (Å²) in [5.74, 6) is 1.50. The summed E-state index contributed by atoms with van der Waals surface area (Å²) in [6.45, 7) is 7.92. The zero-order valence-corrected chi connectivity index (χ0v) is 14.3. The average Bonchev–Trinajstić information content (AvgIpc) is 2.43. The lowest BCUT2D eigenvalue weighted by atomic mass is 10.1. The van der Waals surface area contributed by atoms with Crippen molar-refractivity contribution in [2.24, 2.45) is 0 Å². The predicted molar refractivity (Wildman–Crippen MR) is 88.7 cm³/mol. The van der Waals surface area contributed by atoms with Gasteiger partial charge in [-0.2, -0.15) is 0 Å². The number of rotatable bonds is 8. The van der Waals surface area contributed by atoms with E-state index in [2.05, 4.69) is 47.2 Å². The fraction of sp³-hybridized carbons (Fsp3) is 0.500. The first-order valence-corrected chi connectivity index (χ1v) is 7.83. The van der Waals surface area contributed by atoms with Crippen molar-refractivity contribution in [3.63, 3.8) is 0 Å². The second kappa shape index (κ2) is 9.03. The second-order valence-corrected chi connectivity index (χ2v) is 5.42. The SMILES string of the molecule is CCCNC(C)/C=C/c1cc(Br)c(OC)c(OCC)c1. The molecule has 0 saturated carbocycles. The van der Waals surface area contributed by atoms with Crippen LogP contribution in [0.3, 0.4) is 0 Å². The van der Waals surface area contributed by atoms with E-state index >= 15 is 0 Å². The Labute approximate surface area is 130 Å². The molecule has 1 aromatic rings. The van der Waals surface area contributed by atoms with Crippen LogP contribution in [0, 0.1) is 0 Å². The summed E-state index contributed by atoms with van der Waals surface area (Å²) in [6, 6.07) is 4.38. The Kier molecular flexibility index (Phi) is 7.70. The fourth-order valence-electron chi connectivity index (χ4n) is 1.84. The van der Waals surface area contributed by atoms with Gasteiger partial charge >= 0.3 is 0 Å². The van der Waals surface area contributed by atoms with Gasteiger partial charge in [0.2, 0.25) is 0 Å². The van der Waals surface area contributed by atoms with Crippen molar-refractivity contribution in [3.8, 4) is 11.5 Å². The van der Waals surface area contributed by atoms with Gasteiger partial charge in [0.25, 0.3) is 0 Å². The van der Waals surface area contributed by atoms with Crippen LogP contribution in [0.15, 0.2) is 22.7 Å². The Morgan fingerprint density at radius 3 is 2.70 bits per heavy atom. The molecule has 112 valence electrons. The molecule has 0 fully saturated rings. The van der Waals surface area contributed by atoms with E-state index in [0.717, 1.165) is 34.5 Å². The first kappa shape index (κ1) is 17.1. The Morgan fingerprint density at radius 2 is 2.10 bits per heavy atom. The Hall–Kier alpha value is -1.00. The van der Waals surface area contributed by atoms with Gasteiger partial charge in [0.15, 0.2) is 11.5 Å². The molecule has 0 radical (unpaired) electrons. The van der Waals surface area contributed by atoms with Crippen LogP contribution in [0.2, 0.25) is 0 Å². The van der Waals surface area contributed by atoms with Crippen LogP contribution in [0.1, 0.15) is 32.8 Å². The monoisotopic (exact) mass is 341 g/mol. The van der Waals surface area contributed by atoms with Crippen LogP contribution in [0.4, 0.5) is 0 Å². The molecular weight excluding hydrogens is 318 g/mol. The highest BCUT2D eigenvalue weighted by molar-refractivity contribution is 9.10. The first-order valence-electron chi connectivity index (χ1n) is 7.04. The maximum absolute atomic E-state index is 5.62. The van der Waals surface area contributed by atoms with Crippen LogP contribution < -0.4 is 14.8 Å². The van der Waals surface area contributed by atoms with E-state index in [-0.39, 0.29) is 0 Å². The van der Waals surface area contributed by atoms with Gasteiger partial charge < -0.3 is 14.8 Å². The summed E-state index contributed by atoms with van der Waals surface area (Å²) in [5, 5.41) is 3.43. The van der Waals surface area contributed by atoms with Crippen molar-refractivity contribution in [2.75, 3.05) is 20.3 Å². The molecule has 0 aliphatic heterocycles. The second-order valence-electron chi connectivity index (χ2n) is 4.57. The number of hydrogen-bond acceptors (Lipinski definition) is 3. The first-order chi connectivity index (χ1) is 9.62. The quantitative estimate of drug-likeness (QED) is 0.766. The van der Waals surface area contributed by atoms with Crippen LogP contribution >= 0.6 is 15.9 Å². The van der Waals surface area contributed by atoms with Gasteiger partial charge in [-0.05, 0) is 60.4 Å². The number of benzene rings is 1. The van der Waals surface area contributed by atoms with Crippen molar-refractivity contribution in [3.05, 3.63) is 28.2 Å². The molecule has 0 bridgehead atoms. The number of hydrogen-bond donors (Lipinski definition) is 1. The van der Waals surface area contributed by atoms with Crippen LogP contribution in [0.5, 0.6) is 11.5 Å². The van der Waals surface area contributed by atoms with Crippen LogP contribution in [-0.4, -0.2) is 26.3 Å². The molecule has 1 aromatic carbocycles. The molecule has 1 unspecified atom stereocenters. The maximum Gasteiger partial charge on any atom is 0.174 e. The minimum Gasteiger partial charge on any atom is -0.492 e. The number of halogens is 1. The highest BCUT2D eigenvalue weighted by Crippen LogP contribution is 2.36. The van der Waals surface area contributed by atoms with E-state index < -0.39 is 0 Å². The molecule has 0 aliphatic rings. The summed E-state index contributed by atoms with van der Waals surface area (Å²) >= 11 is 3.52. The van der Waals surface area contributed by atoms with E-state index in [9.17, 15) is 0 Å². The molecule has 0 amide bonds. The normalized spacial score (nSPS) is 12.7. The molecule has 3 nitrogen and oxygen atoms in total. The Bertz CT molecular complexity index is 446.